The van der Waals surface area contributed by atoms with Crippen molar-refractivity contribution in [3.63, 3.8) is 0 Å². The molecular weight excluding hydrogens is 347 g/mol. The highest BCUT2D eigenvalue weighted by molar-refractivity contribution is 6.04. The summed E-state index contributed by atoms with van der Waals surface area (Å²) in [6, 6.07) is 4.56. The largest absolute Gasteiger partial charge is 0.443 e. The Bertz CT molecular complexity index is 943. The summed E-state index contributed by atoms with van der Waals surface area (Å²) < 4.78 is 44.0. The van der Waals surface area contributed by atoms with E-state index in [4.69, 9.17) is 10.8 Å². The van der Waals surface area contributed by atoms with Crippen LogP contribution in [0.15, 0.2) is 52.3 Å². The molecule has 134 valence electrons. The Hall–Kier alpha value is -3.14. The number of alkyl halides is 3. The summed E-state index contributed by atoms with van der Waals surface area (Å²) in [6.45, 7) is 1.47. The van der Waals surface area contributed by atoms with E-state index in [2.05, 4.69) is 4.98 Å². The van der Waals surface area contributed by atoms with E-state index < -0.39 is 35.3 Å². The van der Waals surface area contributed by atoms with Crippen LogP contribution in [0.3, 0.4) is 0 Å². The number of Topliss-reactive ketones (excluding diaryl/α,β-unsaturated/α-hetero) is 2. The minimum atomic E-state index is -4.82. The van der Waals surface area contributed by atoms with Gasteiger partial charge in [0, 0.05) is 24.0 Å². The van der Waals surface area contributed by atoms with Gasteiger partial charge in [0.2, 0.25) is 0 Å². The van der Waals surface area contributed by atoms with Crippen LogP contribution in [0.2, 0.25) is 0 Å². The predicted octanol–water partition coefficient (Wildman–Crippen LogP) is 4.43. The number of carbonyl (C=O) groups excluding carboxylic acids is 2. The van der Waals surface area contributed by atoms with Gasteiger partial charge in [0.25, 0.3) is 0 Å². The number of benzene rings is 1. The number of halogens is 3. The number of oxazole rings is 1. The lowest BCUT2D eigenvalue weighted by Crippen LogP contribution is -2.17. The summed E-state index contributed by atoms with van der Waals surface area (Å²) in [5.74, 6) is 0.289. The van der Waals surface area contributed by atoms with Crippen LogP contribution in [0.25, 0.3) is 11.1 Å². The van der Waals surface area contributed by atoms with E-state index in [1.165, 1.54) is 37.4 Å². The third kappa shape index (κ3) is 4.28. The van der Waals surface area contributed by atoms with Crippen molar-refractivity contribution in [2.24, 2.45) is 0 Å². The maximum Gasteiger partial charge on any atom is 0.424 e. The van der Waals surface area contributed by atoms with Crippen LogP contribution < -0.4 is 0 Å². The van der Waals surface area contributed by atoms with Gasteiger partial charge < -0.3 is 4.42 Å². The molecule has 26 heavy (non-hydrogen) atoms. The zero-order chi connectivity index (χ0) is 19.3. The molecule has 1 aromatic carbocycles. The Morgan fingerprint density at radius 2 is 2.04 bits per heavy atom. The average Bonchev–Trinajstić information content (AvgIpc) is 3.05. The average molecular weight is 361 g/mol. The van der Waals surface area contributed by atoms with Gasteiger partial charge in [0.05, 0.1) is 0 Å². The molecule has 0 fully saturated rings. The first-order valence-corrected chi connectivity index (χ1v) is 7.58. The van der Waals surface area contributed by atoms with E-state index in [1.807, 2.05) is 0 Å². The standard InChI is InChI=1S/C19H14F3NO3/c1-3-5-13(14(4-2)19(20,21)22)17(25)8-7-16(24)12-6-9-18-15(10-12)23-11-26-18/h2-3,5-6,9-11H,7-8H2,1H3/b5-3-,14-13-. The van der Waals surface area contributed by atoms with Gasteiger partial charge in [-0.25, -0.2) is 4.98 Å². The smallest absolute Gasteiger partial charge is 0.424 e. The van der Waals surface area contributed by atoms with Crippen molar-refractivity contribution in [2.45, 2.75) is 25.9 Å². The lowest BCUT2D eigenvalue weighted by molar-refractivity contribution is -0.116. The molecule has 0 saturated heterocycles. The minimum Gasteiger partial charge on any atom is -0.443 e. The molecule has 0 N–H and O–H groups in total. The van der Waals surface area contributed by atoms with Crippen LogP contribution in [0.4, 0.5) is 13.2 Å². The van der Waals surface area contributed by atoms with Crippen LogP contribution in [0.1, 0.15) is 30.1 Å². The molecule has 7 heteroatoms. The van der Waals surface area contributed by atoms with E-state index in [9.17, 15) is 22.8 Å². The van der Waals surface area contributed by atoms with E-state index in [-0.39, 0.29) is 6.42 Å². The summed E-state index contributed by atoms with van der Waals surface area (Å²) in [7, 11) is 0. The molecule has 0 aliphatic heterocycles. The lowest BCUT2D eigenvalue weighted by atomic mass is 9.97. The van der Waals surface area contributed by atoms with Crippen LogP contribution in [-0.4, -0.2) is 22.7 Å². The maximum absolute atomic E-state index is 13.0. The highest BCUT2D eigenvalue weighted by Crippen LogP contribution is 2.29. The fourth-order valence-electron chi connectivity index (χ4n) is 2.33. The summed E-state index contributed by atoms with van der Waals surface area (Å²) in [5.41, 5.74) is -0.703. The summed E-state index contributed by atoms with van der Waals surface area (Å²) in [5, 5.41) is 0. The third-order valence-electron chi connectivity index (χ3n) is 3.56. The summed E-state index contributed by atoms with van der Waals surface area (Å²) >= 11 is 0. The Morgan fingerprint density at radius 3 is 2.65 bits per heavy atom. The second-order valence-corrected chi connectivity index (χ2v) is 5.31. The number of ketones is 2. The van der Waals surface area contributed by atoms with E-state index >= 15 is 0 Å². The molecule has 0 unspecified atom stereocenters. The zero-order valence-corrected chi connectivity index (χ0v) is 13.8. The second kappa shape index (κ2) is 7.83. The minimum absolute atomic E-state index is 0.251. The van der Waals surface area contributed by atoms with Crippen LogP contribution in [0.5, 0.6) is 0 Å². The normalized spacial score (nSPS) is 12.9. The topological polar surface area (TPSA) is 60.2 Å². The van der Waals surface area contributed by atoms with Gasteiger partial charge in [-0.05, 0) is 25.1 Å². The van der Waals surface area contributed by atoms with Gasteiger partial charge in [-0.2, -0.15) is 13.2 Å². The predicted molar refractivity (Wildman–Crippen MR) is 89.3 cm³/mol. The van der Waals surface area contributed by atoms with Crippen molar-refractivity contribution in [1.29, 1.82) is 0 Å². The Kier molecular flexibility index (Phi) is 5.78. The van der Waals surface area contributed by atoms with Crippen molar-refractivity contribution in [1.82, 2.24) is 4.98 Å². The van der Waals surface area contributed by atoms with Crippen LogP contribution in [-0.2, 0) is 4.79 Å². The first-order chi connectivity index (χ1) is 12.3. The van der Waals surface area contributed by atoms with Crippen molar-refractivity contribution in [3.8, 4) is 12.3 Å². The zero-order valence-electron chi connectivity index (χ0n) is 13.8. The molecule has 2 rings (SSSR count). The maximum atomic E-state index is 13.0. The third-order valence-corrected chi connectivity index (χ3v) is 3.56. The molecule has 4 nitrogen and oxygen atoms in total. The summed E-state index contributed by atoms with van der Waals surface area (Å²) in [4.78, 5) is 28.3. The molecule has 0 aliphatic rings. The quantitative estimate of drug-likeness (QED) is 0.331. The number of nitrogens with zero attached hydrogens (tertiary/aromatic N) is 1. The Labute approximate surface area is 147 Å². The van der Waals surface area contributed by atoms with Gasteiger partial charge in [0.1, 0.15) is 11.1 Å². The Morgan fingerprint density at radius 1 is 1.31 bits per heavy atom. The van der Waals surface area contributed by atoms with Gasteiger partial charge in [0.15, 0.2) is 23.5 Å². The number of rotatable bonds is 6. The van der Waals surface area contributed by atoms with Gasteiger partial charge in [-0.1, -0.05) is 18.1 Å². The first-order valence-electron chi connectivity index (χ1n) is 7.58. The van der Waals surface area contributed by atoms with Gasteiger partial charge in [-0.15, -0.1) is 6.42 Å². The van der Waals surface area contributed by atoms with E-state index in [0.29, 0.717) is 16.7 Å². The van der Waals surface area contributed by atoms with Crippen LogP contribution in [0, 0.1) is 12.3 Å². The SMILES string of the molecule is C#C/C(=C(\C=C/C)C(=O)CCC(=O)c1ccc2ocnc2c1)C(F)(F)F. The number of fused-ring (bicyclic) bond motifs is 1. The first kappa shape index (κ1) is 19.2. The molecule has 0 bridgehead atoms. The fourth-order valence-corrected chi connectivity index (χ4v) is 2.33. The highest BCUT2D eigenvalue weighted by atomic mass is 19.4. The molecule has 0 saturated carbocycles. The number of hydrogen-bond acceptors (Lipinski definition) is 4. The fraction of sp³-hybridized carbons (Fsp3) is 0.211. The molecule has 2 aromatic rings. The molecule has 1 heterocycles. The molecule has 0 spiro atoms. The van der Waals surface area contributed by atoms with E-state index in [1.54, 1.807) is 6.07 Å². The Balaban J connectivity index is 2.18. The summed E-state index contributed by atoms with van der Waals surface area (Å²) in [6.07, 6.45) is 2.99. The number of allylic oxidation sites excluding steroid dienone is 4. The van der Waals surface area contributed by atoms with Gasteiger partial charge in [-0.3, -0.25) is 9.59 Å². The molecular formula is C19H14F3NO3. The molecule has 0 amide bonds. The number of hydrogen-bond donors (Lipinski definition) is 0. The van der Waals surface area contributed by atoms with Crippen LogP contribution >= 0.6 is 0 Å². The van der Waals surface area contributed by atoms with Crippen molar-refractivity contribution < 1.29 is 27.2 Å². The van der Waals surface area contributed by atoms with E-state index in [0.717, 1.165) is 6.08 Å². The number of terminal acetylenes is 1. The molecule has 0 radical (unpaired) electrons. The molecule has 1 aromatic heterocycles. The van der Waals surface area contributed by atoms with Gasteiger partial charge >= 0.3 is 6.18 Å². The van der Waals surface area contributed by atoms with Crippen molar-refractivity contribution in [2.75, 3.05) is 0 Å². The van der Waals surface area contributed by atoms with Crippen molar-refractivity contribution >= 4 is 22.7 Å². The lowest BCUT2D eigenvalue weighted by Gasteiger charge is -2.10. The van der Waals surface area contributed by atoms with Crippen molar-refractivity contribution in [3.05, 3.63) is 53.5 Å². The molecule has 0 atom stereocenters. The number of aromatic nitrogens is 1. The molecule has 0 aliphatic carbocycles. The number of carbonyl (C=O) groups is 2. The second-order valence-electron chi connectivity index (χ2n) is 5.31. The monoisotopic (exact) mass is 361 g/mol. The highest BCUT2D eigenvalue weighted by Gasteiger charge is 2.36.